The molecule has 6 nitrogen and oxygen atoms in total. The van der Waals surface area contributed by atoms with Crippen LogP contribution in [-0.4, -0.2) is 33.1 Å². The first-order valence-corrected chi connectivity index (χ1v) is 14.0. The number of unbranched alkanes of at least 4 members (excludes halogenated alkanes) is 1. The van der Waals surface area contributed by atoms with E-state index in [0.717, 1.165) is 77.8 Å². The van der Waals surface area contributed by atoms with E-state index in [2.05, 4.69) is 29.7 Å². The predicted molar refractivity (Wildman–Crippen MR) is 154 cm³/mol. The minimum atomic E-state index is -0.927. The van der Waals surface area contributed by atoms with E-state index < -0.39 is 5.97 Å². The van der Waals surface area contributed by atoms with Gasteiger partial charge in [-0.15, -0.1) is 0 Å². The largest absolute Gasteiger partial charge is 0.478 e. The number of amides is 1. The lowest BCUT2D eigenvalue weighted by Gasteiger charge is -2.18. The van der Waals surface area contributed by atoms with Crippen molar-refractivity contribution in [3.8, 4) is 11.1 Å². The van der Waals surface area contributed by atoms with E-state index in [0.29, 0.717) is 24.2 Å². The van der Waals surface area contributed by atoms with Gasteiger partial charge in [0, 0.05) is 30.8 Å². The Bertz CT molecular complexity index is 1600. The molecule has 6 rings (SSSR count). The van der Waals surface area contributed by atoms with Crippen molar-refractivity contribution in [3.63, 3.8) is 0 Å². The van der Waals surface area contributed by atoms with E-state index in [1.165, 1.54) is 12.0 Å². The first kappa shape index (κ1) is 25.1. The van der Waals surface area contributed by atoms with Crippen LogP contribution in [0.1, 0.15) is 67.2 Å². The molecule has 1 amide bonds. The number of carbonyl (C=O) groups is 2. The maximum absolute atomic E-state index is 13.2. The predicted octanol–water partition coefficient (Wildman–Crippen LogP) is 7.01. The van der Waals surface area contributed by atoms with Gasteiger partial charge in [-0.3, -0.25) is 4.79 Å². The Morgan fingerprint density at radius 1 is 1.00 bits per heavy atom. The molecule has 4 aromatic rings. The van der Waals surface area contributed by atoms with Gasteiger partial charge in [0.2, 0.25) is 0 Å². The van der Waals surface area contributed by atoms with Gasteiger partial charge in [-0.1, -0.05) is 55.8 Å². The van der Waals surface area contributed by atoms with Crippen molar-refractivity contribution in [2.24, 2.45) is 0 Å². The van der Waals surface area contributed by atoms with Gasteiger partial charge in [-0.05, 0) is 78.6 Å². The number of hydrogen-bond donors (Lipinski definition) is 1. The Morgan fingerprint density at radius 3 is 2.56 bits per heavy atom. The number of imidazole rings is 1. The Balaban J connectivity index is 1.33. The summed E-state index contributed by atoms with van der Waals surface area (Å²) in [7, 11) is 0. The molecule has 1 aliphatic heterocycles. The second-order valence-electron chi connectivity index (χ2n) is 10.6. The Morgan fingerprint density at radius 2 is 1.79 bits per heavy atom. The lowest BCUT2D eigenvalue weighted by molar-refractivity contribution is -0.114. The number of aromatic carboxylic acids is 1. The summed E-state index contributed by atoms with van der Waals surface area (Å²) in [5.41, 5.74) is 8.27. The second kappa shape index (κ2) is 10.5. The van der Waals surface area contributed by atoms with Crippen LogP contribution in [0, 0.1) is 0 Å². The van der Waals surface area contributed by atoms with E-state index in [1.54, 1.807) is 12.1 Å². The molecule has 6 heteroatoms. The number of carbonyl (C=O) groups excluding carboxylic acids is 1. The quantitative estimate of drug-likeness (QED) is 0.272. The maximum Gasteiger partial charge on any atom is 0.336 e. The third-order valence-corrected chi connectivity index (χ3v) is 8.07. The third kappa shape index (κ3) is 4.76. The highest BCUT2D eigenvalue weighted by Crippen LogP contribution is 2.36. The fourth-order valence-corrected chi connectivity index (χ4v) is 5.96. The number of carboxylic acids is 1. The number of fused-ring (bicyclic) bond motifs is 1. The van der Waals surface area contributed by atoms with Crippen LogP contribution < -0.4 is 4.90 Å². The molecule has 39 heavy (non-hydrogen) atoms. The van der Waals surface area contributed by atoms with Gasteiger partial charge in [0.05, 0.1) is 16.6 Å². The van der Waals surface area contributed by atoms with E-state index in [1.807, 2.05) is 41.3 Å². The van der Waals surface area contributed by atoms with Gasteiger partial charge in [0.15, 0.2) is 0 Å². The lowest BCUT2D eigenvalue weighted by atomic mass is 9.94. The molecule has 1 aromatic heterocycles. The summed E-state index contributed by atoms with van der Waals surface area (Å²) in [4.78, 5) is 31.8. The highest BCUT2D eigenvalue weighted by molar-refractivity contribution is 6.10. The van der Waals surface area contributed by atoms with Crippen LogP contribution in [0.15, 0.2) is 77.9 Å². The minimum Gasteiger partial charge on any atom is -0.478 e. The van der Waals surface area contributed by atoms with Crippen molar-refractivity contribution in [2.75, 3.05) is 11.4 Å². The molecule has 0 spiro atoms. The topological polar surface area (TPSA) is 75.4 Å². The molecule has 0 radical (unpaired) electrons. The van der Waals surface area contributed by atoms with Gasteiger partial charge < -0.3 is 14.6 Å². The van der Waals surface area contributed by atoms with Crippen LogP contribution in [0.3, 0.4) is 0 Å². The molecule has 0 fully saturated rings. The third-order valence-electron chi connectivity index (χ3n) is 8.07. The molecule has 1 N–H and O–H groups in total. The van der Waals surface area contributed by atoms with Gasteiger partial charge in [0.1, 0.15) is 5.82 Å². The average Bonchev–Trinajstić information content (AvgIpc) is 3.49. The summed E-state index contributed by atoms with van der Waals surface area (Å²) < 4.78 is 2.28. The van der Waals surface area contributed by atoms with Crippen LogP contribution in [0.2, 0.25) is 0 Å². The molecule has 0 unspecified atom stereocenters. The monoisotopic (exact) mass is 519 g/mol. The van der Waals surface area contributed by atoms with Crippen molar-refractivity contribution < 1.29 is 14.7 Å². The smallest absolute Gasteiger partial charge is 0.336 e. The first-order valence-electron chi connectivity index (χ1n) is 14.0. The second-order valence-corrected chi connectivity index (χ2v) is 10.6. The Labute approximate surface area is 228 Å². The van der Waals surface area contributed by atoms with Crippen molar-refractivity contribution in [2.45, 2.75) is 58.4 Å². The van der Waals surface area contributed by atoms with Crippen molar-refractivity contribution in [3.05, 3.63) is 94.8 Å². The lowest BCUT2D eigenvalue weighted by Crippen LogP contribution is -2.26. The molecular formula is C33H33N3O3. The van der Waals surface area contributed by atoms with Gasteiger partial charge in [0.25, 0.3) is 5.91 Å². The van der Waals surface area contributed by atoms with Crippen LogP contribution in [-0.2, 0) is 17.8 Å². The zero-order valence-corrected chi connectivity index (χ0v) is 22.3. The summed E-state index contributed by atoms with van der Waals surface area (Å²) in [6.45, 7) is 3.55. The zero-order valence-electron chi connectivity index (χ0n) is 22.3. The zero-order chi connectivity index (χ0) is 26.9. The Kier molecular flexibility index (Phi) is 6.77. The van der Waals surface area contributed by atoms with E-state index in [4.69, 9.17) is 4.98 Å². The van der Waals surface area contributed by atoms with Gasteiger partial charge in [-0.2, -0.15) is 0 Å². The maximum atomic E-state index is 13.2. The van der Waals surface area contributed by atoms with Gasteiger partial charge in [-0.25, -0.2) is 9.78 Å². The van der Waals surface area contributed by atoms with Crippen molar-refractivity contribution >= 4 is 28.6 Å². The van der Waals surface area contributed by atoms with E-state index >= 15 is 0 Å². The normalized spacial score (nSPS) is 15.3. The molecule has 3 aromatic carbocycles. The molecule has 0 saturated carbocycles. The molecule has 2 heterocycles. The number of aromatic nitrogens is 2. The molecule has 2 aliphatic rings. The fraction of sp³-hybridized carbons (Fsp3) is 0.303. The minimum absolute atomic E-state index is 0.165. The van der Waals surface area contributed by atoms with Crippen molar-refractivity contribution in [1.29, 1.82) is 0 Å². The number of aryl methyl sites for hydroxylation is 1. The first-order chi connectivity index (χ1) is 19.0. The van der Waals surface area contributed by atoms with Crippen molar-refractivity contribution in [1.82, 2.24) is 9.55 Å². The summed E-state index contributed by atoms with van der Waals surface area (Å²) >= 11 is 0. The summed E-state index contributed by atoms with van der Waals surface area (Å²) in [6, 6.07) is 21.4. The standard InChI is InChI=1S/C33H33N3O3/c1-2-3-12-31-34-29-18-17-25(35-21-24-8-4-5-10-27(24)32(35)37)19-30(29)36(31)20-22-13-15-23(16-14-22)26-9-6-7-11-28(26)33(38)39/h6-7,9,11,13-19H,2-5,8,10,12,20-21H2,1H3,(H,38,39). The molecule has 0 atom stereocenters. The molecule has 198 valence electrons. The molecule has 1 aliphatic carbocycles. The summed E-state index contributed by atoms with van der Waals surface area (Å²) in [5, 5.41) is 9.59. The van der Waals surface area contributed by atoms with Gasteiger partial charge >= 0.3 is 5.97 Å². The SMILES string of the molecule is CCCCc1nc2ccc(N3CC4=C(CCCC4)C3=O)cc2n1Cc1ccc(-c2ccccc2C(=O)O)cc1. The van der Waals surface area contributed by atoms with Crippen LogP contribution in [0.5, 0.6) is 0 Å². The van der Waals surface area contributed by atoms with E-state index in [9.17, 15) is 14.7 Å². The number of nitrogens with zero attached hydrogens (tertiary/aromatic N) is 3. The highest BCUT2D eigenvalue weighted by atomic mass is 16.4. The van der Waals surface area contributed by atoms with Crippen LogP contribution in [0.25, 0.3) is 22.2 Å². The van der Waals surface area contributed by atoms with Crippen LogP contribution in [0.4, 0.5) is 5.69 Å². The number of benzene rings is 3. The number of rotatable bonds is 8. The number of anilines is 1. The summed E-state index contributed by atoms with van der Waals surface area (Å²) in [6.07, 6.45) is 7.25. The molecular weight excluding hydrogens is 486 g/mol. The highest BCUT2D eigenvalue weighted by Gasteiger charge is 2.32. The number of carboxylic acid groups (broad SMARTS) is 1. The fourth-order valence-electron chi connectivity index (χ4n) is 5.96. The average molecular weight is 520 g/mol. The molecule has 0 bridgehead atoms. The molecule has 0 saturated heterocycles. The Hall–Kier alpha value is -4.19. The summed E-state index contributed by atoms with van der Waals surface area (Å²) in [5.74, 6) is 0.288. The van der Waals surface area contributed by atoms with E-state index in [-0.39, 0.29) is 5.91 Å². The number of hydrogen-bond acceptors (Lipinski definition) is 3. The van der Waals surface area contributed by atoms with Crippen LogP contribution >= 0.6 is 0 Å².